The van der Waals surface area contributed by atoms with Gasteiger partial charge in [-0.3, -0.25) is 14.4 Å². The maximum atomic E-state index is 13.0. The van der Waals surface area contributed by atoms with Crippen molar-refractivity contribution in [3.63, 3.8) is 0 Å². The maximum Gasteiger partial charge on any atom is 0.242 e. The van der Waals surface area contributed by atoms with Gasteiger partial charge in [-0.1, -0.05) is 124 Å². The number of rotatable bonds is 26. The SMILES string of the molecule is CCCCCCCCCCCCCCCCCCNC(=O)[C@@H](NC(=O)CCCC(=O)NC1CC(C)(C)N([O])C(C)(C)C1)[C@@H](C)CC. The molecule has 1 rings (SSSR count). The fourth-order valence-electron chi connectivity index (χ4n) is 7.02. The van der Waals surface area contributed by atoms with E-state index in [0.29, 0.717) is 25.8 Å². The van der Waals surface area contributed by atoms with E-state index in [-0.39, 0.29) is 42.5 Å². The van der Waals surface area contributed by atoms with E-state index in [2.05, 4.69) is 22.9 Å². The van der Waals surface area contributed by atoms with Crippen LogP contribution in [0.2, 0.25) is 0 Å². The Morgan fingerprint density at radius 3 is 1.57 bits per heavy atom. The van der Waals surface area contributed by atoms with E-state index in [4.69, 9.17) is 0 Å². The number of amides is 3. The molecule has 1 heterocycles. The van der Waals surface area contributed by atoms with Crippen LogP contribution in [-0.2, 0) is 19.6 Å². The molecule has 46 heavy (non-hydrogen) atoms. The van der Waals surface area contributed by atoms with Gasteiger partial charge in [-0.2, -0.15) is 0 Å². The van der Waals surface area contributed by atoms with E-state index in [1.165, 1.54) is 89.9 Å². The summed E-state index contributed by atoms with van der Waals surface area (Å²) in [6.07, 6.45) is 23.9. The van der Waals surface area contributed by atoms with Gasteiger partial charge in [-0.25, -0.2) is 0 Å². The molecule has 0 aromatic carbocycles. The molecule has 0 aromatic rings. The molecule has 1 fully saturated rings. The van der Waals surface area contributed by atoms with Crippen LogP contribution in [0, 0.1) is 5.92 Å². The molecule has 8 nitrogen and oxygen atoms in total. The molecule has 2 atom stereocenters. The third-order valence-corrected chi connectivity index (χ3v) is 9.91. The van der Waals surface area contributed by atoms with Gasteiger partial charge in [0, 0.05) is 36.5 Å². The Labute approximate surface area is 283 Å². The highest BCUT2D eigenvalue weighted by molar-refractivity contribution is 5.88. The van der Waals surface area contributed by atoms with Crippen LogP contribution < -0.4 is 16.0 Å². The van der Waals surface area contributed by atoms with E-state index in [1.54, 1.807) is 0 Å². The van der Waals surface area contributed by atoms with Crippen LogP contribution in [0.25, 0.3) is 0 Å². The molecule has 0 aliphatic carbocycles. The third-order valence-electron chi connectivity index (χ3n) is 9.91. The minimum absolute atomic E-state index is 0.0247. The Morgan fingerprint density at radius 1 is 0.674 bits per heavy atom. The van der Waals surface area contributed by atoms with Crippen LogP contribution in [-0.4, -0.2) is 52.5 Å². The molecule has 269 valence electrons. The summed E-state index contributed by atoms with van der Waals surface area (Å²) in [4.78, 5) is 38.3. The zero-order chi connectivity index (χ0) is 34.4. The number of hydrogen-bond donors (Lipinski definition) is 3. The quantitative estimate of drug-likeness (QED) is 0.0816. The largest absolute Gasteiger partial charge is 0.354 e. The van der Waals surface area contributed by atoms with Gasteiger partial charge in [-0.15, -0.1) is 10.3 Å². The van der Waals surface area contributed by atoms with Crippen molar-refractivity contribution >= 4 is 17.7 Å². The number of hydroxylamine groups is 2. The highest BCUT2D eigenvalue weighted by Crippen LogP contribution is 2.37. The number of carbonyl (C=O) groups excluding carboxylic acids is 3. The van der Waals surface area contributed by atoms with Crippen molar-refractivity contribution in [2.45, 2.75) is 213 Å². The Kier molecular flexibility index (Phi) is 21.7. The van der Waals surface area contributed by atoms with Gasteiger partial charge in [0.15, 0.2) is 0 Å². The summed E-state index contributed by atoms with van der Waals surface area (Å²) in [5.41, 5.74) is -1.09. The first-order valence-electron chi connectivity index (χ1n) is 19.2. The zero-order valence-electron chi connectivity index (χ0n) is 31.1. The van der Waals surface area contributed by atoms with Crippen LogP contribution in [0.5, 0.6) is 0 Å². The summed E-state index contributed by atoms with van der Waals surface area (Å²) in [7, 11) is 0. The normalized spacial score (nSPS) is 17.7. The minimum Gasteiger partial charge on any atom is -0.354 e. The lowest BCUT2D eigenvalue weighted by Crippen LogP contribution is -2.62. The summed E-state index contributed by atoms with van der Waals surface area (Å²) in [6, 6.07) is -0.626. The summed E-state index contributed by atoms with van der Waals surface area (Å²) in [6.45, 7) is 14.6. The fraction of sp³-hybridized carbons (Fsp3) is 0.921. The highest BCUT2D eigenvalue weighted by atomic mass is 16.5. The van der Waals surface area contributed by atoms with Crippen molar-refractivity contribution in [1.82, 2.24) is 21.0 Å². The van der Waals surface area contributed by atoms with E-state index in [1.807, 2.05) is 41.5 Å². The average Bonchev–Trinajstić information content (AvgIpc) is 2.99. The summed E-state index contributed by atoms with van der Waals surface area (Å²) >= 11 is 0. The number of nitrogens with zero attached hydrogens (tertiary/aromatic N) is 1. The molecule has 1 aliphatic rings. The lowest BCUT2D eigenvalue weighted by molar-refractivity contribution is -0.290. The molecule has 0 spiro atoms. The molecule has 1 saturated heterocycles. The maximum absolute atomic E-state index is 13.0. The Balaban J connectivity index is 2.18. The monoisotopic (exact) mass is 650 g/mol. The van der Waals surface area contributed by atoms with Gasteiger partial charge < -0.3 is 16.0 Å². The first kappa shape index (κ1) is 42.4. The molecule has 3 amide bonds. The van der Waals surface area contributed by atoms with Gasteiger partial charge in [-0.05, 0) is 59.3 Å². The lowest BCUT2D eigenvalue weighted by Gasteiger charge is -2.50. The van der Waals surface area contributed by atoms with Crippen molar-refractivity contribution in [3.8, 4) is 0 Å². The second-order valence-corrected chi connectivity index (χ2v) is 15.5. The van der Waals surface area contributed by atoms with E-state index in [9.17, 15) is 19.6 Å². The van der Waals surface area contributed by atoms with E-state index in [0.717, 1.165) is 24.3 Å². The van der Waals surface area contributed by atoms with Crippen LogP contribution in [0.15, 0.2) is 0 Å². The second kappa shape index (κ2) is 23.6. The Morgan fingerprint density at radius 2 is 1.11 bits per heavy atom. The molecule has 0 bridgehead atoms. The zero-order valence-corrected chi connectivity index (χ0v) is 31.1. The Hall–Kier alpha value is -1.67. The number of hydrogen-bond acceptors (Lipinski definition) is 4. The summed E-state index contributed by atoms with van der Waals surface area (Å²) in [5.74, 6) is -0.385. The smallest absolute Gasteiger partial charge is 0.242 e. The molecule has 1 aliphatic heterocycles. The first-order valence-corrected chi connectivity index (χ1v) is 19.2. The number of piperidine rings is 1. The third kappa shape index (κ3) is 18.0. The highest BCUT2D eigenvalue weighted by Gasteiger charge is 2.46. The van der Waals surface area contributed by atoms with Gasteiger partial charge in [0.05, 0.1) is 0 Å². The molecule has 0 saturated carbocycles. The predicted molar refractivity (Wildman–Crippen MR) is 190 cm³/mol. The van der Waals surface area contributed by atoms with Crippen LogP contribution in [0.1, 0.15) is 190 Å². The van der Waals surface area contributed by atoms with Crippen molar-refractivity contribution in [1.29, 1.82) is 0 Å². The number of unbranched alkanes of at least 4 members (excludes halogenated alkanes) is 15. The Bertz CT molecular complexity index is 829. The van der Waals surface area contributed by atoms with E-state index < -0.39 is 17.1 Å². The second-order valence-electron chi connectivity index (χ2n) is 15.5. The number of nitrogens with one attached hydrogen (secondary N) is 3. The van der Waals surface area contributed by atoms with Gasteiger partial charge in [0.1, 0.15) is 6.04 Å². The topological polar surface area (TPSA) is 110 Å². The van der Waals surface area contributed by atoms with Crippen molar-refractivity contribution in [2.24, 2.45) is 5.92 Å². The average molecular weight is 650 g/mol. The van der Waals surface area contributed by atoms with Gasteiger partial charge in [0.2, 0.25) is 17.7 Å². The van der Waals surface area contributed by atoms with Crippen LogP contribution in [0.4, 0.5) is 0 Å². The van der Waals surface area contributed by atoms with E-state index >= 15 is 0 Å². The molecule has 3 N–H and O–H groups in total. The van der Waals surface area contributed by atoms with Gasteiger partial charge >= 0.3 is 0 Å². The van der Waals surface area contributed by atoms with Crippen LogP contribution in [0.3, 0.4) is 0 Å². The lowest BCUT2D eigenvalue weighted by atomic mass is 9.79. The molecule has 0 unspecified atom stereocenters. The standard InChI is InChI=1S/C38H73N4O4/c1-8-10-11-12-13-14-15-16-17-18-19-20-21-22-23-24-28-39-36(45)35(31(3)9-2)41-34(44)27-25-26-33(43)40-32-29-37(4,5)42(46)38(6,7)30-32/h31-32,35H,8-30H2,1-7H3,(H,39,45)(H,40,43)(H,41,44)/t31-,35-/m0/s1. The molecule has 8 heteroatoms. The molecular formula is C38H73N4O4. The minimum atomic E-state index is -0.561. The summed E-state index contributed by atoms with van der Waals surface area (Å²) < 4.78 is 0. The van der Waals surface area contributed by atoms with Crippen molar-refractivity contribution in [3.05, 3.63) is 0 Å². The van der Waals surface area contributed by atoms with Gasteiger partial charge in [0.25, 0.3) is 0 Å². The fourth-order valence-corrected chi connectivity index (χ4v) is 7.02. The van der Waals surface area contributed by atoms with Crippen molar-refractivity contribution < 1.29 is 19.6 Å². The molecular weight excluding hydrogens is 576 g/mol. The molecule has 1 radical (unpaired) electrons. The number of carbonyl (C=O) groups is 3. The first-order chi connectivity index (χ1) is 21.8. The van der Waals surface area contributed by atoms with Crippen LogP contribution >= 0.6 is 0 Å². The van der Waals surface area contributed by atoms with Crippen molar-refractivity contribution in [2.75, 3.05) is 6.54 Å². The summed E-state index contributed by atoms with van der Waals surface area (Å²) in [5, 5.41) is 22.8. The molecule has 0 aromatic heterocycles. The predicted octanol–water partition coefficient (Wildman–Crippen LogP) is 8.55.